The summed E-state index contributed by atoms with van der Waals surface area (Å²) in [5, 5.41) is 19.5. The van der Waals surface area contributed by atoms with Gasteiger partial charge in [-0.2, -0.15) is 0 Å². The molecule has 0 spiro atoms. The summed E-state index contributed by atoms with van der Waals surface area (Å²) in [6.07, 6.45) is 1.76. The van der Waals surface area contributed by atoms with Crippen molar-refractivity contribution in [2.24, 2.45) is 0 Å². The Morgan fingerprint density at radius 1 is 1.43 bits per heavy atom. The highest BCUT2D eigenvalue weighted by molar-refractivity contribution is 5.69. The Morgan fingerprint density at radius 3 is 2.67 bits per heavy atom. The van der Waals surface area contributed by atoms with Gasteiger partial charge in [0.1, 0.15) is 5.75 Å². The minimum absolute atomic E-state index is 0.0130. The van der Waals surface area contributed by atoms with Crippen LogP contribution in [0.5, 0.6) is 5.75 Å². The molecule has 3 unspecified atom stereocenters. The van der Waals surface area contributed by atoms with E-state index < -0.39 is 5.97 Å². The molecule has 0 aromatic heterocycles. The van der Waals surface area contributed by atoms with Crippen molar-refractivity contribution in [1.29, 1.82) is 0 Å². The fourth-order valence-electron chi connectivity index (χ4n) is 3.57. The Kier molecular flexibility index (Phi) is 4.57. The number of aryl methyl sites for hydroxylation is 1. The topological polar surface area (TPSA) is 60.8 Å². The van der Waals surface area contributed by atoms with E-state index in [1.54, 1.807) is 6.07 Å². The van der Waals surface area contributed by atoms with Crippen LogP contribution in [0.3, 0.4) is 0 Å². The average molecular weight is 291 g/mol. The van der Waals surface area contributed by atoms with E-state index in [0.29, 0.717) is 11.7 Å². The lowest BCUT2D eigenvalue weighted by Gasteiger charge is -2.33. The molecule has 4 nitrogen and oxygen atoms in total. The van der Waals surface area contributed by atoms with E-state index in [2.05, 4.69) is 27.7 Å². The summed E-state index contributed by atoms with van der Waals surface area (Å²) in [6, 6.07) is 3.83. The number of phenolic OH excluding ortho intramolecular Hbond substituents is 1. The SMILES string of the molecule is CCC(C)N(CC(=O)O)C1CC(C)c2c(C)ccc(O)c21. The second-order valence-electron chi connectivity index (χ2n) is 6.20. The first kappa shape index (κ1) is 15.8. The number of hydrogen-bond donors (Lipinski definition) is 2. The van der Waals surface area contributed by atoms with Crippen LogP contribution in [0.2, 0.25) is 0 Å². The second-order valence-corrected chi connectivity index (χ2v) is 6.20. The van der Waals surface area contributed by atoms with Gasteiger partial charge in [-0.3, -0.25) is 9.69 Å². The molecule has 2 rings (SSSR count). The molecule has 0 saturated carbocycles. The van der Waals surface area contributed by atoms with Gasteiger partial charge in [-0.25, -0.2) is 0 Å². The quantitative estimate of drug-likeness (QED) is 0.872. The molecule has 0 bridgehead atoms. The molecular weight excluding hydrogens is 266 g/mol. The molecule has 0 saturated heterocycles. The maximum atomic E-state index is 11.2. The number of carboxylic acid groups (broad SMARTS) is 1. The van der Waals surface area contributed by atoms with Crippen molar-refractivity contribution >= 4 is 5.97 Å². The van der Waals surface area contributed by atoms with Crippen LogP contribution in [-0.4, -0.2) is 33.7 Å². The second kappa shape index (κ2) is 6.06. The van der Waals surface area contributed by atoms with Crippen molar-refractivity contribution in [2.75, 3.05) is 6.54 Å². The number of hydrogen-bond acceptors (Lipinski definition) is 3. The van der Waals surface area contributed by atoms with Gasteiger partial charge in [0.25, 0.3) is 0 Å². The molecule has 0 radical (unpaired) electrons. The fraction of sp³-hybridized carbons (Fsp3) is 0.588. The zero-order valence-electron chi connectivity index (χ0n) is 13.3. The number of carboxylic acids is 1. The third-order valence-electron chi connectivity index (χ3n) is 4.76. The summed E-state index contributed by atoms with van der Waals surface area (Å²) < 4.78 is 0. The summed E-state index contributed by atoms with van der Waals surface area (Å²) in [6.45, 7) is 8.34. The average Bonchev–Trinajstić information content (AvgIpc) is 2.78. The molecule has 0 fully saturated rings. The minimum Gasteiger partial charge on any atom is -0.508 e. The largest absolute Gasteiger partial charge is 0.508 e. The third-order valence-corrected chi connectivity index (χ3v) is 4.76. The van der Waals surface area contributed by atoms with E-state index in [4.69, 9.17) is 0 Å². The van der Waals surface area contributed by atoms with Crippen LogP contribution in [0.25, 0.3) is 0 Å². The summed E-state index contributed by atoms with van der Waals surface area (Å²) >= 11 is 0. The Bertz CT molecular complexity index is 541. The standard InChI is InChI=1S/C17H25NO3/c1-5-12(4)18(9-15(20)21)13-8-11(3)16-10(2)6-7-14(19)17(13)16/h6-7,11-13,19H,5,8-9H2,1-4H3,(H,20,21). The van der Waals surface area contributed by atoms with Gasteiger partial charge in [0.15, 0.2) is 0 Å². The number of aliphatic carboxylic acids is 1. The zero-order chi connectivity index (χ0) is 15.7. The number of aromatic hydroxyl groups is 1. The lowest BCUT2D eigenvalue weighted by atomic mass is 9.97. The van der Waals surface area contributed by atoms with Crippen molar-refractivity contribution in [3.8, 4) is 5.75 Å². The number of carbonyl (C=O) groups is 1. The van der Waals surface area contributed by atoms with E-state index in [1.165, 1.54) is 11.1 Å². The van der Waals surface area contributed by atoms with Gasteiger partial charge >= 0.3 is 5.97 Å². The van der Waals surface area contributed by atoms with Crippen molar-refractivity contribution in [2.45, 2.75) is 58.5 Å². The molecule has 4 heteroatoms. The lowest BCUT2D eigenvalue weighted by molar-refractivity contribution is -0.139. The van der Waals surface area contributed by atoms with Crippen molar-refractivity contribution in [1.82, 2.24) is 4.90 Å². The first-order valence-electron chi connectivity index (χ1n) is 7.66. The number of nitrogens with zero attached hydrogens (tertiary/aromatic N) is 1. The molecule has 1 aromatic carbocycles. The molecule has 0 aliphatic heterocycles. The smallest absolute Gasteiger partial charge is 0.317 e. The molecule has 21 heavy (non-hydrogen) atoms. The number of rotatable bonds is 5. The highest BCUT2D eigenvalue weighted by Crippen LogP contribution is 2.49. The fourth-order valence-corrected chi connectivity index (χ4v) is 3.57. The molecule has 1 aliphatic rings. The van der Waals surface area contributed by atoms with Gasteiger partial charge in [-0.15, -0.1) is 0 Å². The maximum absolute atomic E-state index is 11.2. The minimum atomic E-state index is -0.816. The van der Waals surface area contributed by atoms with Gasteiger partial charge in [-0.1, -0.05) is 19.9 Å². The van der Waals surface area contributed by atoms with E-state index in [9.17, 15) is 15.0 Å². The highest BCUT2D eigenvalue weighted by Gasteiger charge is 2.37. The Hall–Kier alpha value is -1.55. The van der Waals surface area contributed by atoms with Gasteiger partial charge in [0.05, 0.1) is 6.54 Å². The van der Waals surface area contributed by atoms with Gasteiger partial charge < -0.3 is 10.2 Å². The van der Waals surface area contributed by atoms with Crippen molar-refractivity contribution in [3.63, 3.8) is 0 Å². The number of fused-ring (bicyclic) bond motifs is 1. The Labute approximate surface area is 126 Å². The lowest BCUT2D eigenvalue weighted by Crippen LogP contribution is -2.39. The molecule has 0 amide bonds. The van der Waals surface area contributed by atoms with Crippen LogP contribution < -0.4 is 0 Å². The van der Waals surface area contributed by atoms with E-state index >= 15 is 0 Å². The molecule has 3 atom stereocenters. The van der Waals surface area contributed by atoms with Crippen molar-refractivity contribution in [3.05, 3.63) is 28.8 Å². The number of phenols is 1. The van der Waals surface area contributed by atoms with Crippen LogP contribution in [0.15, 0.2) is 12.1 Å². The van der Waals surface area contributed by atoms with Crippen LogP contribution in [0, 0.1) is 6.92 Å². The predicted octanol–water partition coefficient (Wildman–Crippen LogP) is 3.43. The first-order valence-corrected chi connectivity index (χ1v) is 7.66. The van der Waals surface area contributed by atoms with E-state index in [1.807, 2.05) is 11.0 Å². The normalized spacial score (nSPS) is 22.3. The Morgan fingerprint density at radius 2 is 2.10 bits per heavy atom. The van der Waals surface area contributed by atoms with Crippen LogP contribution in [-0.2, 0) is 4.79 Å². The molecule has 116 valence electrons. The maximum Gasteiger partial charge on any atom is 0.317 e. The molecular formula is C17H25NO3. The predicted molar refractivity (Wildman–Crippen MR) is 82.7 cm³/mol. The first-order chi connectivity index (χ1) is 9.86. The van der Waals surface area contributed by atoms with E-state index in [0.717, 1.165) is 18.4 Å². The van der Waals surface area contributed by atoms with Gasteiger partial charge in [0, 0.05) is 17.6 Å². The van der Waals surface area contributed by atoms with Crippen LogP contribution in [0.4, 0.5) is 0 Å². The van der Waals surface area contributed by atoms with Gasteiger partial charge in [-0.05, 0) is 49.8 Å². The van der Waals surface area contributed by atoms with Crippen LogP contribution >= 0.6 is 0 Å². The molecule has 1 aliphatic carbocycles. The molecule has 2 N–H and O–H groups in total. The number of benzene rings is 1. The summed E-state index contributed by atoms with van der Waals surface area (Å²) in [4.78, 5) is 13.2. The van der Waals surface area contributed by atoms with Gasteiger partial charge in [0.2, 0.25) is 0 Å². The van der Waals surface area contributed by atoms with Crippen LogP contribution in [0.1, 0.15) is 62.3 Å². The zero-order valence-corrected chi connectivity index (χ0v) is 13.3. The Balaban J connectivity index is 2.46. The van der Waals surface area contributed by atoms with Crippen molar-refractivity contribution < 1.29 is 15.0 Å². The third kappa shape index (κ3) is 2.91. The monoisotopic (exact) mass is 291 g/mol. The molecule has 1 aromatic rings. The molecule has 0 heterocycles. The summed E-state index contributed by atoms with van der Waals surface area (Å²) in [5.74, 6) is -0.176. The van der Waals surface area contributed by atoms with E-state index in [-0.39, 0.29) is 18.6 Å². The summed E-state index contributed by atoms with van der Waals surface area (Å²) in [5.41, 5.74) is 3.31. The summed E-state index contributed by atoms with van der Waals surface area (Å²) in [7, 11) is 0. The highest BCUT2D eigenvalue weighted by atomic mass is 16.4.